The second-order valence-corrected chi connectivity index (χ2v) is 12.8. The van der Waals surface area contributed by atoms with Crippen LogP contribution in [0.15, 0.2) is 71.9 Å². The Labute approximate surface area is 264 Å². The molecular formula is C36H39BN2O6. The zero-order chi connectivity index (χ0) is 32.0. The van der Waals surface area contributed by atoms with Gasteiger partial charge in [0.2, 0.25) is 11.8 Å². The first-order chi connectivity index (χ1) is 21.5. The van der Waals surface area contributed by atoms with Gasteiger partial charge in [0.25, 0.3) is 0 Å². The molecule has 8 nitrogen and oxygen atoms in total. The third-order valence-corrected chi connectivity index (χ3v) is 9.59. The third-order valence-electron chi connectivity index (χ3n) is 9.59. The zero-order valence-electron chi connectivity index (χ0n) is 26.1. The Bertz CT molecular complexity index is 1680. The molecule has 2 fully saturated rings. The van der Waals surface area contributed by atoms with Crippen LogP contribution < -0.4 is 10.4 Å². The van der Waals surface area contributed by atoms with E-state index in [9.17, 15) is 24.7 Å². The SMILES string of the molecule is Cc1cc(/C=C(/CC[C@H]2OC[C@H]3C2=C(C(C)C)C[C@H]2C(=O)N(c4cccc(B(O)O)c4)C(=O)[C@H]23)c2ccccn2)cc(C)c1O. The van der Waals surface area contributed by atoms with Gasteiger partial charge in [0.05, 0.1) is 35.9 Å². The smallest absolute Gasteiger partial charge is 0.488 e. The van der Waals surface area contributed by atoms with Gasteiger partial charge in [0.1, 0.15) is 5.75 Å². The molecule has 2 aromatic carbocycles. The van der Waals surface area contributed by atoms with E-state index >= 15 is 0 Å². The van der Waals surface area contributed by atoms with Crippen molar-refractivity contribution in [3.63, 3.8) is 0 Å². The van der Waals surface area contributed by atoms with E-state index in [0.29, 0.717) is 37.3 Å². The lowest BCUT2D eigenvalue weighted by Gasteiger charge is -2.33. The summed E-state index contributed by atoms with van der Waals surface area (Å²) in [5, 5.41) is 29.7. The minimum atomic E-state index is -1.70. The molecule has 1 aromatic heterocycles. The van der Waals surface area contributed by atoms with Crippen LogP contribution in [0.3, 0.4) is 0 Å². The number of phenolic OH excluding ortho intramolecular Hbond substituents is 1. The number of rotatable bonds is 8. The van der Waals surface area contributed by atoms with Crippen molar-refractivity contribution in [1.29, 1.82) is 0 Å². The molecule has 0 saturated carbocycles. The second-order valence-electron chi connectivity index (χ2n) is 12.8. The standard InChI is InChI=1S/C36H39BN2O6/c1-20(2)27-18-28-33(36(42)39(35(28)41)26-9-7-8-25(17-26)37(43)44)29-19-45-31(32(27)29)12-11-24(30-10-5-6-13-38-30)16-23-14-21(3)34(40)22(4)15-23/h5-10,13-17,20,28-29,31,33,40,43-44H,11-12,18-19H2,1-4H3/b24-16-/t28-,29+,31-,33-/m1/s1. The molecular weight excluding hydrogens is 567 g/mol. The molecule has 0 spiro atoms. The fourth-order valence-corrected chi connectivity index (χ4v) is 7.43. The second kappa shape index (κ2) is 12.4. The normalized spacial score (nSPS) is 23.2. The number of anilines is 1. The van der Waals surface area contributed by atoms with Crippen molar-refractivity contribution in [2.24, 2.45) is 23.7 Å². The molecule has 1 aliphatic carbocycles. The minimum Gasteiger partial charge on any atom is -0.507 e. The Morgan fingerprint density at radius 3 is 2.47 bits per heavy atom. The zero-order valence-corrected chi connectivity index (χ0v) is 26.1. The minimum absolute atomic E-state index is 0.186. The van der Waals surface area contributed by atoms with Crippen LogP contribution in [0.2, 0.25) is 0 Å². The number of aromatic nitrogens is 1. The maximum absolute atomic E-state index is 14.0. The Balaban J connectivity index is 1.30. The number of aromatic hydroxyl groups is 1. The molecule has 2 saturated heterocycles. The number of amides is 2. The molecule has 6 rings (SSSR count). The number of ether oxygens (including phenoxy) is 1. The number of pyridine rings is 1. The van der Waals surface area contributed by atoms with Gasteiger partial charge in [0, 0.05) is 12.1 Å². The van der Waals surface area contributed by atoms with Crippen molar-refractivity contribution in [3.05, 3.63) is 94.3 Å². The number of imide groups is 1. The number of allylic oxidation sites excluding steroid dienone is 2. The highest BCUT2D eigenvalue weighted by atomic mass is 16.5. The predicted molar refractivity (Wildman–Crippen MR) is 174 cm³/mol. The summed E-state index contributed by atoms with van der Waals surface area (Å²) in [5.74, 6) is -1.19. The number of fused-ring (bicyclic) bond motifs is 3. The van der Waals surface area contributed by atoms with Crippen molar-refractivity contribution in [3.8, 4) is 5.75 Å². The van der Waals surface area contributed by atoms with Gasteiger partial charge in [-0.15, -0.1) is 0 Å². The molecule has 2 aliphatic heterocycles. The molecule has 2 amide bonds. The van der Waals surface area contributed by atoms with Crippen molar-refractivity contribution >= 4 is 41.7 Å². The lowest BCUT2D eigenvalue weighted by atomic mass is 9.67. The van der Waals surface area contributed by atoms with Crippen LogP contribution in [-0.2, 0) is 14.3 Å². The average molecular weight is 607 g/mol. The number of hydrogen-bond acceptors (Lipinski definition) is 7. The molecule has 3 heterocycles. The number of carbonyl (C=O) groups is 2. The number of benzene rings is 2. The lowest BCUT2D eigenvalue weighted by molar-refractivity contribution is -0.122. The number of hydrogen-bond donors (Lipinski definition) is 3. The number of phenols is 1. The van der Waals surface area contributed by atoms with Crippen LogP contribution in [0.1, 0.15) is 55.5 Å². The first-order valence-electron chi connectivity index (χ1n) is 15.7. The summed E-state index contributed by atoms with van der Waals surface area (Å²) >= 11 is 0. The van der Waals surface area contributed by atoms with Gasteiger partial charge >= 0.3 is 7.12 Å². The third kappa shape index (κ3) is 5.76. The van der Waals surface area contributed by atoms with E-state index in [4.69, 9.17) is 4.74 Å². The van der Waals surface area contributed by atoms with Crippen LogP contribution >= 0.6 is 0 Å². The van der Waals surface area contributed by atoms with E-state index in [0.717, 1.165) is 33.5 Å². The van der Waals surface area contributed by atoms with Crippen LogP contribution in [0.25, 0.3) is 11.6 Å². The molecule has 3 aliphatic rings. The summed E-state index contributed by atoms with van der Waals surface area (Å²) in [5.41, 5.74) is 7.49. The molecule has 3 N–H and O–H groups in total. The molecule has 232 valence electrons. The average Bonchev–Trinajstić information content (AvgIpc) is 3.55. The van der Waals surface area contributed by atoms with E-state index in [1.807, 2.05) is 44.2 Å². The predicted octanol–water partition coefficient (Wildman–Crippen LogP) is 4.58. The Kier molecular flexibility index (Phi) is 8.52. The molecule has 45 heavy (non-hydrogen) atoms. The Morgan fingerprint density at radius 2 is 1.80 bits per heavy atom. The highest BCUT2D eigenvalue weighted by Crippen LogP contribution is 2.52. The number of nitrogens with zero attached hydrogens (tertiary/aromatic N) is 2. The van der Waals surface area contributed by atoms with Gasteiger partial charge in [-0.05, 0) is 115 Å². The van der Waals surface area contributed by atoms with Crippen LogP contribution in [-0.4, -0.2) is 51.8 Å². The van der Waals surface area contributed by atoms with Gasteiger partial charge in [-0.1, -0.05) is 37.6 Å². The molecule has 4 atom stereocenters. The fourth-order valence-electron chi connectivity index (χ4n) is 7.43. The first-order valence-corrected chi connectivity index (χ1v) is 15.7. The van der Waals surface area contributed by atoms with E-state index in [1.54, 1.807) is 24.4 Å². The molecule has 9 heteroatoms. The van der Waals surface area contributed by atoms with Gasteiger partial charge in [-0.3, -0.25) is 19.5 Å². The van der Waals surface area contributed by atoms with Crippen molar-refractivity contribution < 1.29 is 29.5 Å². The highest BCUT2D eigenvalue weighted by Gasteiger charge is 2.57. The summed E-state index contributed by atoms with van der Waals surface area (Å²) < 4.78 is 6.47. The Morgan fingerprint density at radius 1 is 1.04 bits per heavy atom. The maximum Gasteiger partial charge on any atom is 0.488 e. The first kappa shape index (κ1) is 31.0. The number of carbonyl (C=O) groups excluding carboxylic acids is 2. The van der Waals surface area contributed by atoms with Crippen molar-refractivity contribution in [2.45, 2.75) is 53.1 Å². The Hall–Kier alpha value is -4.05. The largest absolute Gasteiger partial charge is 0.507 e. The summed E-state index contributed by atoms with van der Waals surface area (Å²) in [7, 11) is -1.70. The molecule has 3 aromatic rings. The van der Waals surface area contributed by atoms with Gasteiger partial charge in [-0.25, -0.2) is 0 Å². The van der Waals surface area contributed by atoms with Gasteiger partial charge < -0.3 is 19.9 Å². The van der Waals surface area contributed by atoms with Gasteiger partial charge in [0.15, 0.2) is 0 Å². The summed E-state index contributed by atoms with van der Waals surface area (Å²) in [6, 6.07) is 16.1. The maximum atomic E-state index is 14.0. The fraction of sp³-hybridized carbons (Fsp3) is 0.361. The molecule has 0 radical (unpaired) electrons. The van der Waals surface area contributed by atoms with Crippen molar-refractivity contribution in [2.75, 3.05) is 11.5 Å². The number of aryl methyl sites for hydroxylation is 2. The lowest BCUT2D eigenvalue weighted by Crippen LogP contribution is -2.36. The van der Waals surface area contributed by atoms with Crippen LogP contribution in [0, 0.1) is 37.5 Å². The van der Waals surface area contributed by atoms with Crippen LogP contribution in [0.4, 0.5) is 5.69 Å². The summed E-state index contributed by atoms with van der Waals surface area (Å²) in [4.78, 5) is 33.6. The topological polar surface area (TPSA) is 120 Å². The molecule has 0 unspecified atom stereocenters. The van der Waals surface area contributed by atoms with E-state index in [1.165, 1.54) is 16.5 Å². The molecule has 0 bridgehead atoms. The monoisotopic (exact) mass is 606 g/mol. The van der Waals surface area contributed by atoms with E-state index in [2.05, 4.69) is 24.9 Å². The highest BCUT2D eigenvalue weighted by molar-refractivity contribution is 6.58. The van der Waals surface area contributed by atoms with Crippen molar-refractivity contribution in [1.82, 2.24) is 4.98 Å². The quantitative estimate of drug-likeness (QED) is 0.195. The summed E-state index contributed by atoms with van der Waals surface area (Å²) in [6.45, 7) is 8.43. The van der Waals surface area contributed by atoms with Crippen LogP contribution in [0.5, 0.6) is 5.75 Å². The van der Waals surface area contributed by atoms with E-state index < -0.39 is 19.0 Å². The van der Waals surface area contributed by atoms with E-state index in [-0.39, 0.29) is 35.2 Å². The summed E-state index contributed by atoms with van der Waals surface area (Å²) in [6.07, 6.45) is 5.61. The van der Waals surface area contributed by atoms with Gasteiger partial charge in [-0.2, -0.15) is 0 Å².